The van der Waals surface area contributed by atoms with E-state index in [1.165, 1.54) is 28.4 Å². The Morgan fingerprint density at radius 1 is 0.954 bits per heavy atom. The van der Waals surface area contributed by atoms with Gasteiger partial charge in [0.05, 0.1) is 39.7 Å². The highest BCUT2D eigenvalue weighted by Gasteiger charge is 2.47. The molecule has 5 fully saturated rings. The van der Waals surface area contributed by atoms with E-state index >= 15 is 8.78 Å². The Labute approximate surface area is 374 Å². The van der Waals surface area contributed by atoms with Crippen molar-refractivity contribution in [3.8, 4) is 17.6 Å². The average Bonchev–Trinajstić information content (AvgIpc) is 3.91. The highest BCUT2D eigenvalue weighted by atomic mass is 32.2. The van der Waals surface area contributed by atoms with Gasteiger partial charge in [-0.25, -0.2) is 18.6 Å². The molecular formula is C45H49F2N11O6S. The van der Waals surface area contributed by atoms with Crippen LogP contribution in [0.2, 0.25) is 0 Å². The number of aryl methyl sites for hydroxylation is 1. The minimum atomic E-state index is -4.05. The third kappa shape index (κ3) is 8.08. The third-order valence-corrected chi connectivity index (χ3v) is 15.6. The van der Waals surface area contributed by atoms with Crippen molar-refractivity contribution in [3.05, 3.63) is 71.6 Å². The predicted octanol–water partition coefficient (Wildman–Crippen LogP) is 5.91. The number of hydrogen-bond donors (Lipinski definition) is 2. The van der Waals surface area contributed by atoms with E-state index in [2.05, 4.69) is 29.9 Å². The lowest BCUT2D eigenvalue weighted by Gasteiger charge is -2.53. The van der Waals surface area contributed by atoms with Gasteiger partial charge < -0.3 is 19.3 Å². The number of piperidine rings is 2. The van der Waals surface area contributed by atoms with Gasteiger partial charge >= 0.3 is 16.2 Å². The van der Waals surface area contributed by atoms with Gasteiger partial charge in [-0.15, -0.1) is 0 Å². The Bertz CT molecular complexity index is 2870. The molecule has 0 bridgehead atoms. The number of nitrogens with one attached hydrogen (secondary N) is 2. The number of benzene rings is 3. The van der Waals surface area contributed by atoms with Crippen molar-refractivity contribution in [2.24, 2.45) is 12.5 Å². The SMILES string of the molecule is CO[C@@H]1CCN(S(=O)(=O)Nc2ccc(F)c(Oc3ccc4ncc(C5CC6(CCN(C7CCN(c8cc9c(cc8F)c(N8CCC(=O)NC8=O)nn9C)CC7)CC6)C5)nc4c3)c2C#N)C1. The number of anilines is 3. The van der Waals surface area contributed by atoms with Crippen molar-refractivity contribution in [2.45, 2.75) is 69.4 Å². The van der Waals surface area contributed by atoms with Gasteiger partial charge in [0, 0.05) is 82.9 Å². The van der Waals surface area contributed by atoms with E-state index in [1.807, 2.05) is 18.3 Å². The quantitative estimate of drug-likeness (QED) is 0.169. The summed E-state index contributed by atoms with van der Waals surface area (Å²) in [5.74, 6) is -1.11. The number of imide groups is 1. The zero-order valence-corrected chi connectivity index (χ0v) is 36.9. The van der Waals surface area contributed by atoms with E-state index < -0.39 is 27.8 Å². The van der Waals surface area contributed by atoms with Gasteiger partial charge in [-0.2, -0.15) is 23.1 Å². The maximum atomic E-state index is 15.8. The highest BCUT2D eigenvalue weighted by molar-refractivity contribution is 7.90. The van der Waals surface area contributed by atoms with Crippen LogP contribution in [-0.4, -0.2) is 114 Å². The van der Waals surface area contributed by atoms with Crippen LogP contribution in [0.25, 0.3) is 21.9 Å². The molecule has 0 radical (unpaired) electrons. The fourth-order valence-corrected chi connectivity index (χ4v) is 11.7. The van der Waals surface area contributed by atoms with E-state index in [9.17, 15) is 23.3 Å². The maximum Gasteiger partial charge on any atom is 0.329 e. The van der Waals surface area contributed by atoms with Gasteiger partial charge in [0.15, 0.2) is 17.4 Å². The van der Waals surface area contributed by atoms with E-state index in [0.717, 1.165) is 76.5 Å². The van der Waals surface area contributed by atoms with Crippen molar-refractivity contribution < 1.29 is 36.3 Å². The van der Waals surface area contributed by atoms with Gasteiger partial charge in [-0.3, -0.25) is 29.4 Å². The largest absolute Gasteiger partial charge is 0.453 e. The summed E-state index contributed by atoms with van der Waals surface area (Å²) in [7, 11) is -0.751. The molecule has 2 N–H and O–H groups in total. The van der Waals surface area contributed by atoms with Crippen LogP contribution >= 0.6 is 0 Å². The normalized spacial score (nSPS) is 21.2. The lowest BCUT2D eigenvalue weighted by atomic mass is 9.56. The highest BCUT2D eigenvalue weighted by Crippen LogP contribution is 2.56. The van der Waals surface area contributed by atoms with Crippen LogP contribution in [0.15, 0.2) is 48.7 Å². The number of nitrogens with zero attached hydrogens (tertiary/aromatic N) is 9. The van der Waals surface area contributed by atoms with Crippen molar-refractivity contribution in [2.75, 3.05) is 67.4 Å². The number of urea groups is 1. The molecule has 340 valence electrons. The van der Waals surface area contributed by atoms with E-state index in [-0.39, 0.29) is 72.2 Å². The fraction of sp³-hybridized carbons (Fsp3) is 0.467. The Morgan fingerprint density at radius 3 is 2.46 bits per heavy atom. The van der Waals surface area contributed by atoms with Crippen LogP contribution in [0, 0.1) is 28.4 Å². The molecule has 4 aliphatic heterocycles. The number of carbonyl (C=O) groups is 2. The summed E-state index contributed by atoms with van der Waals surface area (Å²) >= 11 is 0. The van der Waals surface area contributed by atoms with Crippen LogP contribution in [0.3, 0.4) is 0 Å². The number of nitriles is 1. The molecule has 1 spiro atoms. The van der Waals surface area contributed by atoms with Crippen LogP contribution in [-0.2, 0) is 26.8 Å². The smallest absolute Gasteiger partial charge is 0.329 e. The first-order valence-electron chi connectivity index (χ1n) is 22.0. The number of aromatic nitrogens is 4. The topological polar surface area (TPSA) is 191 Å². The molecule has 65 heavy (non-hydrogen) atoms. The molecule has 20 heteroatoms. The Hall–Kier alpha value is -6.01. The molecule has 0 unspecified atom stereocenters. The molecule has 5 aromatic rings. The Balaban J connectivity index is 0.746. The lowest BCUT2D eigenvalue weighted by Crippen LogP contribution is -2.52. The summed E-state index contributed by atoms with van der Waals surface area (Å²) in [4.78, 5) is 39.9. The molecule has 6 heterocycles. The Kier molecular flexibility index (Phi) is 11.1. The average molecular weight is 910 g/mol. The summed E-state index contributed by atoms with van der Waals surface area (Å²) in [5.41, 5.74) is 3.18. The minimum Gasteiger partial charge on any atom is -0.453 e. The van der Waals surface area contributed by atoms with Crippen molar-refractivity contribution in [3.63, 3.8) is 0 Å². The molecule has 1 atom stereocenters. The molecule has 17 nitrogen and oxygen atoms in total. The molecule has 4 saturated heterocycles. The second-order valence-corrected chi connectivity index (χ2v) is 19.6. The first-order valence-corrected chi connectivity index (χ1v) is 23.5. The number of rotatable bonds is 10. The molecule has 1 saturated carbocycles. The molecule has 10 rings (SSSR count). The molecular weight excluding hydrogens is 861 g/mol. The monoisotopic (exact) mass is 909 g/mol. The lowest BCUT2D eigenvalue weighted by molar-refractivity contribution is -0.120. The minimum absolute atomic E-state index is 0.0981. The van der Waals surface area contributed by atoms with Gasteiger partial charge in [0.25, 0.3) is 0 Å². The molecule has 5 aliphatic rings. The van der Waals surface area contributed by atoms with Crippen molar-refractivity contribution in [1.29, 1.82) is 5.26 Å². The van der Waals surface area contributed by atoms with Gasteiger partial charge in [-0.1, -0.05) is 0 Å². The van der Waals surface area contributed by atoms with Crippen molar-refractivity contribution >= 4 is 61.3 Å². The summed E-state index contributed by atoms with van der Waals surface area (Å²) in [6, 6.07) is 12.3. The summed E-state index contributed by atoms with van der Waals surface area (Å²) in [6.07, 6.45) is 8.33. The zero-order valence-electron chi connectivity index (χ0n) is 36.1. The summed E-state index contributed by atoms with van der Waals surface area (Å²) in [5, 5.41) is 17.4. The van der Waals surface area contributed by atoms with Crippen molar-refractivity contribution in [1.82, 2.24) is 34.3 Å². The number of amides is 3. The molecule has 1 aliphatic carbocycles. The second kappa shape index (κ2) is 16.8. The first-order chi connectivity index (χ1) is 31.3. The van der Waals surface area contributed by atoms with Crippen LogP contribution in [0.5, 0.6) is 11.5 Å². The van der Waals surface area contributed by atoms with Gasteiger partial charge in [-0.05, 0) is 99.8 Å². The predicted molar refractivity (Wildman–Crippen MR) is 237 cm³/mol. The van der Waals surface area contributed by atoms with Crippen LogP contribution in [0.1, 0.15) is 68.5 Å². The van der Waals surface area contributed by atoms with E-state index in [0.29, 0.717) is 45.9 Å². The molecule has 2 aromatic heterocycles. The maximum absolute atomic E-state index is 15.8. The molecule has 3 amide bonds. The number of methoxy groups -OCH3 is 1. The summed E-state index contributed by atoms with van der Waals surface area (Å²) < 4.78 is 73.8. The first kappa shape index (κ1) is 42.9. The number of hydrogen-bond acceptors (Lipinski definition) is 12. The summed E-state index contributed by atoms with van der Waals surface area (Å²) in [6.45, 7) is 4.06. The Morgan fingerprint density at radius 2 is 1.74 bits per heavy atom. The standard InChI is InChI=1S/C45H49F2N11O6S/c1-54-39-21-40(34(47)20-31(39)43(52-54)58-16-10-41(59)51-44(58)60)56-13-7-28(8-14-56)55-17-11-45(12-18-55)22-27(23-45)38-25-49-36-5-3-29(19-37(36)50-38)64-42-32(24-48)35(6-4-33(42)46)53-65(61,62)57-15-9-30(26-57)63-2/h3-6,19-21,25,27-28,30,53H,7-18,22-23,26H2,1-2H3,(H,51,59,60)/t30-/m1/s1. The van der Waals surface area contributed by atoms with E-state index in [1.54, 1.807) is 29.9 Å². The number of halogens is 2. The zero-order chi connectivity index (χ0) is 45.2. The fourth-order valence-electron chi connectivity index (χ4n) is 10.4. The number of likely N-dealkylation sites (tertiary alicyclic amines) is 1. The third-order valence-electron chi connectivity index (χ3n) is 14.2. The van der Waals surface area contributed by atoms with Crippen LogP contribution < -0.4 is 24.6 Å². The number of carbonyl (C=O) groups excluding carboxylic acids is 2. The van der Waals surface area contributed by atoms with E-state index in [4.69, 9.17) is 14.5 Å². The van der Waals surface area contributed by atoms with Gasteiger partial charge in [0.2, 0.25) is 5.91 Å². The second-order valence-electron chi connectivity index (χ2n) is 18.0. The number of ether oxygens (including phenoxy) is 2. The number of fused-ring (bicyclic) bond motifs is 2. The van der Waals surface area contributed by atoms with Gasteiger partial charge in [0.1, 0.15) is 23.2 Å². The molecule has 3 aromatic carbocycles. The van der Waals surface area contributed by atoms with Crippen LogP contribution in [0.4, 0.5) is 30.8 Å².